The molecule has 1 aromatic carbocycles. The van der Waals surface area contributed by atoms with E-state index in [-0.39, 0.29) is 0 Å². The summed E-state index contributed by atoms with van der Waals surface area (Å²) in [5.74, 6) is 0.578. The Balaban J connectivity index is 2.11. The van der Waals surface area contributed by atoms with Crippen LogP contribution in [0.25, 0.3) is 0 Å². The van der Waals surface area contributed by atoms with Crippen molar-refractivity contribution in [3.8, 4) is 0 Å². The molecule has 0 saturated heterocycles. The lowest BCUT2D eigenvalue weighted by molar-refractivity contribution is 0.109. The van der Waals surface area contributed by atoms with E-state index in [1.807, 2.05) is 24.3 Å². The fourth-order valence-corrected chi connectivity index (χ4v) is 1.76. The van der Waals surface area contributed by atoms with E-state index in [0.29, 0.717) is 12.5 Å². The van der Waals surface area contributed by atoms with Crippen molar-refractivity contribution in [1.82, 2.24) is 0 Å². The summed E-state index contributed by atoms with van der Waals surface area (Å²) in [7, 11) is 0. The third kappa shape index (κ3) is 8.57. The molecule has 0 saturated carbocycles. The third-order valence-corrected chi connectivity index (χ3v) is 2.93. The average molecular weight is 262 g/mol. The fourth-order valence-electron chi connectivity index (χ4n) is 1.76. The number of benzene rings is 1. The number of hydrogen-bond acceptors (Lipinski definition) is 2. The number of aliphatic hydroxyl groups is 1. The summed E-state index contributed by atoms with van der Waals surface area (Å²) in [6, 6.07) is 10.2. The molecule has 0 aliphatic carbocycles. The molecule has 1 N–H and O–H groups in total. The highest BCUT2D eigenvalue weighted by molar-refractivity contribution is 5.13. The van der Waals surface area contributed by atoms with Gasteiger partial charge in [-0.2, -0.15) is 0 Å². The molecule has 0 fully saturated rings. The van der Waals surface area contributed by atoms with Crippen LogP contribution in [0.1, 0.15) is 39.2 Å². The Hall–Kier alpha value is -1.12. The first kappa shape index (κ1) is 15.9. The van der Waals surface area contributed by atoms with E-state index in [1.165, 1.54) is 5.56 Å². The lowest BCUT2D eigenvalue weighted by Gasteiger charge is -2.12. The SMILES string of the molecule is C[C@@H](C/C=C/C(C)(C)O)CCOCc1ccccc1. The van der Waals surface area contributed by atoms with Crippen LogP contribution in [0.3, 0.4) is 0 Å². The van der Waals surface area contributed by atoms with Crippen LogP contribution in [-0.2, 0) is 11.3 Å². The molecular formula is C17H26O2. The highest BCUT2D eigenvalue weighted by Gasteiger charge is 2.06. The quantitative estimate of drug-likeness (QED) is 0.568. The number of allylic oxidation sites excluding steroid dienone is 1. The van der Waals surface area contributed by atoms with Gasteiger partial charge in [-0.05, 0) is 38.2 Å². The monoisotopic (exact) mass is 262 g/mol. The van der Waals surface area contributed by atoms with Crippen molar-refractivity contribution in [2.75, 3.05) is 6.61 Å². The van der Waals surface area contributed by atoms with Gasteiger partial charge in [0.25, 0.3) is 0 Å². The Kier molecular flexibility index (Phi) is 6.82. The van der Waals surface area contributed by atoms with Crippen LogP contribution in [0.4, 0.5) is 0 Å². The molecule has 19 heavy (non-hydrogen) atoms. The third-order valence-electron chi connectivity index (χ3n) is 2.93. The smallest absolute Gasteiger partial charge is 0.0771 e. The second kappa shape index (κ2) is 8.13. The second-order valence-corrected chi connectivity index (χ2v) is 5.72. The van der Waals surface area contributed by atoms with Crippen molar-refractivity contribution in [2.24, 2.45) is 5.92 Å². The second-order valence-electron chi connectivity index (χ2n) is 5.72. The molecular weight excluding hydrogens is 236 g/mol. The van der Waals surface area contributed by atoms with Gasteiger partial charge in [-0.3, -0.25) is 0 Å². The molecule has 0 aliphatic heterocycles. The van der Waals surface area contributed by atoms with Gasteiger partial charge in [0.05, 0.1) is 12.2 Å². The molecule has 106 valence electrons. The fraction of sp³-hybridized carbons (Fsp3) is 0.529. The first-order valence-electron chi connectivity index (χ1n) is 6.99. The zero-order chi connectivity index (χ0) is 14.1. The number of hydrogen-bond donors (Lipinski definition) is 1. The van der Waals surface area contributed by atoms with Crippen LogP contribution in [0.2, 0.25) is 0 Å². The maximum Gasteiger partial charge on any atom is 0.0771 e. The summed E-state index contributed by atoms with van der Waals surface area (Å²) < 4.78 is 5.66. The van der Waals surface area contributed by atoms with Crippen LogP contribution in [0.15, 0.2) is 42.5 Å². The average Bonchev–Trinajstić information content (AvgIpc) is 2.34. The molecule has 0 aromatic heterocycles. The van der Waals surface area contributed by atoms with Crippen LogP contribution in [0.5, 0.6) is 0 Å². The van der Waals surface area contributed by atoms with E-state index < -0.39 is 5.60 Å². The van der Waals surface area contributed by atoms with Crippen molar-refractivity contribution in [2.45, 2.75) is 45.8 Å². The maximum atomic E-state index is 9.56. The molecule has 0 bridgehead atoms. The molecule has 0 amide bonds. The van der Waals surface area contributed by atoms with Crippen molar-refractivity contribution < 1.29 is 9.84 Å². The van der Waals surface area contributed by atoms with E-state index in [4.69, 9.17) is 4.74 Å². The molecule has 0 heterocycles. The standard InChI is InChI=1S/C17H26O2/c1-15(8-7-12-17(2,3)18)11-13-19-14-16-9-5-4-6-10-16/h4-7,9-10,12,15,18H,8,11,13-14H2,1-3H3/b12-7+/t15-/m0/s1. The zero-order valence-electron chi connectivity index (χ0n) is 12.3. The van der Waals surface area contributed by atoms with E-state index in [9.17, 15) is 5.11 Å². The van der Waals surface area contributed by atoms with Crippen molar-refractivity contribution >= 4 is 0 Å². The maximum absolute atomic E-state index is 9.56. The number of rotatable bonds is 8. The topological polar surface area (TPSA) is 29.5 Å². The summed E-state index contributed by atoms with van der Waals surface area (Å²) in [5.41, 5.74) is 0.515. The highest BCUT2D eigenvalue weighted by Crippen LogP contribution is 2.11. The Morgan fingerprint density at radius 1 is 1.26 bits per heavy atom. The van der Waals surface area contributed by atoms with Crippen LogP contribution in [-0.4, -0.2) is 17.3 Å². The van der Waals surface area contributed by atoms with E-state index in [0.717, 1.165) is 19.4 Å². The van der Waals surface area contributed by atoms with Gasteiger partial charge in [-0.25, -0.2) is 0 Å². The van der Waals surface area contributed by atoms with Gasteiger partial charge in [0.15, 0.2) is 0 Å². The van der Waals surface area contributed by atoms with Crippen molar-refractivity contribution in [3.63, 3.8) is 0 Å². The molecule has 0 spiro atoms. The van der Waals surface area contributed by atoms with Gasteiger partial charge in [-0.15, -0.1) is 0 Å². The van der Waals surface area contributed by atoms with Gasteiger partial charge >= 0.3 is 0 Å². The summed E-state index contributed by atoms with van der Waals surface area (Å²) in [4.78, 5) is 0. The summed E-state index contributed by atoms with van der Waals surface area (Å²) in [6.45, 7) is 7.26. The van der Waals surface area contributed by atoms with Gasteiger partial charge in [-0.1, -0.05) is 49.4 Å². The lowest BCUT2D eigenvalue weighted by atomic mass is 10.0. The molecule has 0 unspecified atom stereocenters. The molecule has 0 aliphatic rings. The minimum absolute atomic E-state index is 0.578. The number of ether oxygens (including phenoxy) is 1. The van der Waals surface area contributed by atoms with E-state index >= 15 is 0 Å². The molecule has 2 heteroatoms. The van der Waals surface area contributed by atoms with E-state index in [1.54, 1.807) is 13.8 Å². The predicted octanol–water partition coefficient (Wildman–Crippen LogP) is 3.95. The Morgan fingerprint density at radius 3 is 2.58 bits per heavy atom. The Morgan fingerprint density at radius 2 is 1.95 bits per heavy atom. The zero-order valence-corrected chi connectivity index (χ0v) is 12.3. The molecule has 1 aromatic rings. The molecule has 0 radical (unpaired) electrons. The van der Waals surface area contributed by atoms with Crippen LogP contribution >= 0.6 is 0 Å². The first-order valence-corrected chi connectivity index (χ1v) is 6.99. The van der Waals surface area contributed by atoms with Crippen LogP contribution in [0, 0.1) is 5.92 Å². The largest absolute Gasteiger partial charge is 0.386 e. The molecule has 1 rings (SSSR count). The summed E-state index contributed by atoms with van der Waals surface area (Å²) >= 11 is 0. The van der Waals surface area contributed by atoms with Gasteiger partial charge in [0.2, 0.25) is 0 Å². The van der Waals surface area contributed by atoms with E-state index in [2.05, 4.69) is 25.1 Å². The summed E-state index contributed by atoms with van der Waals surface area (Å²) in [6.07, 6.45) is 5.94. The molecule has 2 nitrogen and oxygen atoms in total. The highest BCUT2D eigenvalue weighted by atomic mass is 16.5. The Labute approximate surface area is 117 Å². The summed E-state index contributed by atoms with van der Waals surface area (Å²) in [5, 5.41) is 9.56. The molecule has 1 atom stereocenters. The van der Waals surface area contributed by atoms with Gasteiger partial charge in [0.1, 0.15) is 0 Å². The van der Waals surface area contributed by atoms with Gasteiger partial charge < -0.3 is 9.84 Å². The predicted molar refractivity (Wildman–Crippen MR) is 79.9 cm³/mol. The van der Waals surface area contributed by atoms with Crippen molar-refractivity contribution in [1.29, 1.82) is 0 Å². The minimum Gasteiger partial charge on any atom is -0.386 e. The first-order chi connectivity index (χ1) is 8.97. The van der Waals surface area contributed by atoms with Crippen LogP contribution < -0.4 is 0 Å². The normalized spacial score (nSPS) is 13.9. The Bertz CT molecular complexity index is 363. The van der Waals surface area contributed by atoms with Gasteiger partial charge in [0, 0.05) is 6.61 Å². The minimum atomic E-state index is -0.705. The lowest BCUT2D eigenvalue weighted by Crippen LogP contribution is -2.13. The van der Waals surface area contributed by atoms with Crippen molar-refractivity contribution in [3.05, 3.63) is 48.0 Å².